The Labute approximate surface area is 142 Å². The van der Waals surface area contributed by atoms with Crippen molar-refractivity contribution >= 4 is 25.8 Å². The number of alkyl halides is 3. The molecule has 1 aromatic carbocycles. The van der Waals surface area contributed by atoms with E-state index in [9.17, 15) is 21.6 Å². The Kier molecular flexibility index (Phi) is 5.48. The summed E-state index contributed by atoms with van der Waals surface area (Å²) < 4.78 is 70.7. The molecule has 23 heavy (non-hydrogen) atoms. The van der Waals surface area contributed by atoms with Gasteiger partial charge in [0.25, 0.3) is 0 Å². The molecule has 0 spiro atoms. The second-order valence-corrected chi connectivity index (χ2v) is 9.04. The predicted octanol–water partition coefficient (Wildman–Crippen LogP) is 4.59. The summed E-state index contributed by atoms with van der Waals surface area (Å²) >= 11 is 2.96. The van der Waals surface area contributed by atoms with Gasteiger partial charge in [-0.15, -0.1) is 0 Å². The van der Waals surface area contributed by atoms with Crippen LogP contribution < -0.4 is 0 Å². The normalized spacial score (nSPS) is 22.7. The fourth-order valence-electron chi connectivity index (χ4n) is 2.84. The molecule has 1 saturated carbocycles. The fraction of sp³-hybridized carbons (Fsp3) is 0.600. The van der Waals surface area contributed by atoms with Crippen LogP contribution in [0, 0.1) is 0 Å². The van der Waals surface area contributed by atoms with Crippen molar-refractivity contribution in [2.45, 2.75) is 61.6 Å². The van der Waals surface area contributed by atoms with E-state index in [1.165, 1.54) is 6.07 Å². The van der Waals surface area contributed by atoms with E-state index in [1.54, 1.807) is 0 Å². The lowest BCUT2D eigenvalue weighted by molar-refractivity contribution is -0.139. The number of hydrogen-bond donors (Lipinski definition) is 0. The lowest BCUT2D eigenvalue weighted by Gasteiger charge is -2.18. The first-order chi connectivity index (χ1) is 10.5. The second-order valence-electron chi connectivity index (χ2n) is 5.93. The zero-order valence-corrected chi connectivity index (χ0v) is 15.1. The second kappa shape index (κ2) is 6.72. The number of rotatable bonds is 4. The fourth-order valence-corrected chi connectivity index (χ4v) is 5.22. The van der Waals surface area contributed by atoms with Crippen molar-refractivity contribution in [2.75, 3.05) is 0 Å². The molecular weight excluding hydrogens is 397 g/mol. The minimum Gasteiger partial charge on any atom is -0.376 e. The van der Waals surface area contributed by atoms with Gasteiger partial charge in [0.1, 0.15) is 0 Å². The number of benzene rings is 1. The van der Waals surface area contributed by atoms with E-state index >= 15 is 0 Å². The van der Waals surface area contributed by atoms with Crippen molar-refractivity contribution in [3.05, 3.63) is 28.2 Å². The Balaban J connectivity index is 2.35. The Bertz CT molecular complexity index is 671. The first kappa shape index (κ1) is 18.7. The molecule has 0 saturated heterocycles. The van der Waals surface area contributed by atoms with E-state index in [0.717, 1.165) is 12.1 Å². The summed E-state index contributed by atoms with van der Waals surface area (Å²) in [5.41, 5.74) is -1.12. The molecule has 1 aliphatic carbocycles. The molecular formula is C15H18BrF3O3S. The summed E-state index contributed by atoms with van der Waals surface area (Å²) in [5, 5.41) is -0.839. The summed E-state index contributed by atoms with van der Waals surface area (Å²) in [6, 6.07) is 3.15. The minimum absolute atomic E-state index is 0.0418. The predicted molar refractivity (Wildman–Crippen MR) is 84.0 cm³/mol. The highest BCUT2D eigenvalue weighted by Crippen LogP contribution is 2.40. The molecule has 1 aliphatic rings. The number of halogens is 4. The molecule has 1 aromatic rings. The molecule has 2 atom stereocenters. The van der Waals surface area contributed by atoms with E-state index in [4.69, 9.17) is 4.74 Å². The van der Waals surface area contributed by atoms with Crippen LogP contribution in [-0.2, 0) is 20.8 Å². The van der Waals surface area contributed by atoms with Crippen LogP contribution in [0.25, 0.3) is 0 Å². The van der Waals surface area contributed by atoms with Gasteiger partial charge in [-0.2, -0.15) is 13.2 Å². The molecule has 130 valence electrons. The maximum absolute atomic E-state index is 13.2. The first-order valence-corrected chi connectivity index (χ1v) is 9.62. The van der Waals surface area contributed by atoms with E-state index in [0.29, 0.717) is 12.8 Å². The lowest BCUT2D eigenvalue weighted by Crippen LogP contribution is -2.24. The molecule has 0 amide bonds. The summed E-state index contributed by atoms with van der Waals surface area (Å²) in [6.07, 6.45) is -3.90. The molecule has 2 rings (SSSR count). The zero-order chi connectivity index (χ0) is 17.4. The highest BCUT2D eigenvalue weighted by molar-refractivity contribution is 9.10. The van der Waals surface area contributed by atoms with Crippen molar-refractivity contribution in [2.24, 2.45) is 0 Å². The minimum atomic E-state index is -4.72. The van der Waals surface area contributed by atoms with E-state index in [-0.39, 0.29) is 23.1 Å². The summed E-state index contributed by atoms with van der Waals surface area (Å²) in [4.78, 5) is -0.650. The van der Waals surface area contributed by atoms with E-state index in [2.05, 4.69) is 15.9 Å². The zero-order valence-electron chi connectivity index (χ0n) is 12.7. The highest BCUT2D eigenvalue weighted by atomic mass is 79.9. The monoisotopic (exact) mass is 414 g/mol. The number of sulfone groups is 1. The smallest absolute Gasteiger partial charge is 0.376 e. The quantitative estimate of drug-likeness (QED) is 0.723. The van der Waals surface area contributed by atoms with Gasteiger partial charge in [0, 0.05) is 4.47 Å². The van der Waals surface area contributed by atoms with Crippen molar-refractivity contribution in [3.63, 3.8) is 0 Å². The first-order valence-electron chi connectivity index (χ1n) is 7.28. The molecule has 0 aromatic heterocycles. The Morgan fingerprint density at radius 3 is 2.48 bits per heavy atom. The van der Waals surface area contributed by atoms with Gasteiger partial charge in [-0.1, -0.05) is 15.9 Å². The van der Waals surface area contributed by atoms with Gasteiger partial charge < -0.3 is 4.74 Å². The molecule has 1 fully saturated rings. The Hall–Kier alpha value is -0.600. The van der Waals surface area contributed by atoms with Crippen LogP contribution in [0.5, 0.6) is 0 Å². The SMILES string of the molecule is CC(C)O[C@H]1CC[C@H](S(=O)(=O)c2ccc(Br)cc2C(F)(F)F)C1. The molecule has 0 aliphatic heterocycles. The van der Waals surface area contributed by atoms with Crippen LogP contribution in [0.1, 0.15) is 38.7 Å². The lowest BCUT2D eigenvalue weighted by atomic mass is 10.2. The maximum atomic E-state index is 13.2. The standard InChI is InChI=1S/C15H18BrF3O3S/c1-9(2)22-11-4-5-12(8-11)23(20,21)14-6-3-10(16)7-13(14)15(17,18)19/h3,6-7,9,11-12H,4-5,8H2,1-2H3/t11-,12-/m0/s1. The van der Waals surface area contributed by atoms with Gasteiger partial charge in [-0.3, -0.25) is 0 Å². The van der Waals surface area contributed by atoms with Crippen LogP contribution >= 0.6 is 15.9 Å². The van der Waals surface area contributed by atoms with Crippen LogP contribution in [0.3, 0.4) is 0 Å². The molecule has 0 bridgehead atoms. The molecule has 0 unspecified atom stereocenters. The summed E-state index contributed by atoms with van der Waals surface area (Å²) in [5.74, 6) is 0. The van der Waals surface area contributed by atoms with E-state index < -0.39 is 31.7 Å². The summed E-state index contributed by atoms with van der Waals surface area (Å²) in [7, 11) is -4.06. The van der Waals surface area contributed by atoms with Gasteiger partial charge in [-0.25, -0.2) is 8.42 Å². The van der Waals surface area contributed by atoms with Crippen molar-refractivity contribution in [1.29, 1.82) is 0 Å². The molecule has 3 nitrogen and oxygen atoms in total. The topological polar surface area (TPSA) is 43.4 Å². The van der Waals surface area contributed by atoms with Gasteiger partial charge >= 0.3 is 6.18 Å². The maximum Gasteiger partial charge on any atom is 0.417 e. The highest BCUT2D eigenvalue weighted by Gasteiger charge is 2.42. The number of hydrogen-bond acceptors (Lipinski definition) is 3. The molecule has 0 N–H and O–H groups in total. The van der Waals surface area contributed by atoms with Gasteiger partial charge in [0.05, 0.1) is 27.9 Å². The third-order valence-electron chi connectivity index (χ3n) is 3.79. The Morgan fingerprint density at radius 1 is 1.26 bits per heavy atom. The summed E-state index contributed by atoms with van der Waals surface area (Å²) in [6.45, 7) is 3.69. The van der Waals surface area contributed by atoms with Crippen LogP contribution in [0.4, 0.5) is 13.2 Å². The molecule has 0 heterocycles. The van der Waals surface area contributed by atoms with E-state index in [1.807, 2.05) is 13.8 Å². The van der Waals surface area contributed by atoms with Gasteiger partial charge in [0.2, 0.25) is 0 Å². The van der Waals surface area contributed by atoms with Crippen LogP contribution in [0.2, 0.25) is 0 Å². The van der Waals surface area contributed by atoms with Crippen molar-refractivity contribution < 1.29 is 26.3 Å². The molecule has 0 radical (unpaired) electrons. The van der Waals surface area contributed by atoms with Crippen LogP contribution in [0.15, 0.2) is 27.6 Å². The van der Waals surface area contributed by atoms with Gasteiger partial charge in [0.15, 0.2) is 9.84 Å². The van der Waals surface area contributed by atoms with Crippen molar-refractivity contribution in [1.82, 2.24) is 0 Å². The average Bonchev–Trinajstić information content (AvgIpc) is 2.85. The number of ether oxygens (including phenoxy) is 1. The average molecular weight is 415 g/mol. The third-order valence-corrected chi connectivity index (χ3v) is 6.56. The Morgan fingerprint density at radius 2 is 1.91 bits per heavy atom. The van der Waals surface area contributed by atoms with Gasteiger partial charge in [-0.05, 0) is 51.3 Å². The van der Waals surface area contributed by atoms with Crippen molar-refractivity contribution in [3.8, 4) is 0 Å². The molecule has 8 heteroatoms. The third kappa shape index (κ3) is 4.28. The largest absolute Gasteiger partial charge is 0.417 e. The van der Waals surface area contributed by atoms with Crippen LogP contribution in [-0.4, -0.2) is 25.9 Å².